The van der Waals surface area contributed by atoms with Gasteiger partial charge in [-0.25, -0.2) is 0 Å². The van der Waals surface area contributed by atoms with E-state index in [0.717, 1.165) is 36.6 Å². The number of hydrogen-bond donors (Lipinski definition) is 1. The Labute approximate surface area is 128 Å². The van der Waals surface area contributed by atoms with Gasteiger partial charge < -0.3 is 4.98 Å². The summed E-state index contributed by atoms with van der Waals surface area (Å²) in [6, 6.07) is 3.50. The number of aromatic amines is 1. The maximum atomic E-state index is 12.9. The van der Waals surface area contributed by atoms with Crippen molar-refractivity contribution in [3.8, 4) is 0 Å². The van der Waals surface area contributed by atoms with Gasteiger partial charge in [-0.15, -0.1) is 0 Å². The van der Waals surface area contributed by atoms with E-state index < -0.39 is 0 Å². The molecule has 0 radical (unpaired) electrons. The minimum atomic E-state index is -0.254. The molecule has 20 heavy (non-hydrogen) atoms. The smallest absolute Gasteiger partial charge is 0.170 e. The van der Waals surface area contributed by atoms with Crippen molar-refractivity contribution in [1.82, 2.24) is 4.98 Å². The van der Waals surface area contributed by atoms with Crippen LogP contribution in [-0.4, -0.2) is 10.8 Å². The standard InChI is InChI=1S/C16H17Cl2NO/c1-16(5-3-2-4-6-16)15(20)11-9-19-13-8-10(17)7-12(18)14(11)13/h7-9,19H,2-6H2,1H3. The molecule has 4 heteroatoms. The summed E-state index contributed by atoms with van der Waals surface area (Å²) in [5, 5.41) is 1.91. The second kappa shape index (κ2) is 5.09. The highest BCUT2D eigenvalue weighted by Gasteiger charge is 2.36. The molecule has 0 aliphatic heterocycles. The second-order valence-corrected chi connectivity index (χ2v) is 6.81. The van der Waals surface area contributed by atoms with Crippen molar-refractivity contribution in [2.75, 3.05) is 0 Å². The van der Waals surface area contributed by atoms with Crippen molar-refractivity contribution in [3.05, 3.63) is 33.9 Å². The largest absolute Gasteiger partial charge is 0.360 e. The van der Waals surface area contributed by atoms with E-state index in [4.69, 9.17) is 23.2 Å². The molecular weight excluding hydrogens is 293 g/mol. The number of rotatable bonds is 2. The van der Waals surface area contributed by atoms with Crippen molar-refractivity contribution in [2.24, 2.45) is 5.41 Å². The Balaban J connectivity index is 2.08. The Bertz CT molecular complexity index is 668. The van der Waals surface area contributed by atoms with Crippen molar-refractivity contribution >= 4 is 39.9 Å². The first-order chi connectivity index (χ1) is 9.51. The second-order valence-electron chi connectivity index (χ2n) is 5.96. The first-order valence-electron chi connectivity index (χ1n) is 7.02. The fraction of sp³-hybridized carbons (Fsp3) is 0.438. The van der Waals surface area contributed by atoms with Crippen LogP contribution in [0, 0.1) is 5.41 Å². The van der Waals surface area contributed by atoms with E-state index in [1.165, 1.54) is 6.42 Å². The number of nitrogens with one attached hydrogen (secondary N) is 1. The molecule has 1 saturated carbocycles. The molecule has 1 aliphatic rings. The number of aromatic nitrogens is 1. The predicted molar refractivity (Wildman–Crippen MR) is 83.8 cm³/mol. The van der Waals surface area contributed by atoms with Gasteiger partial charge in [-0.1, -0.05) is 49.4 Å². The first kappa shape index (κ1) is 14.0. The fourth-order valence-electron chi connectivity index (χ4n) is 3.25. The SMILES string of the molecule is CC1(C(=O)c2c[nH]c3cc(Cl)cc(Cl)c23)CCCCC1. The van der Waals surface area contributed by atoms with Gasteiger partial charge in [0.1, 0.15) is 0 Å². The van der Waals surface area contributed by atoms with Gasteiger partial charge in [0.05, 0.1) is 5.02 Å². The third-order valence-corrected chi connectivity index (χ3v) is 4.96. The summed E-state index contributed by atoms with van der Waals surface area (Å²) in [6.45, 7) is 2.08. The summed E-state index contributed by atoms with van der Waals surface area (Å²) in [5.74, 6) is 0.202. The Morgan fingerprint density at radius 3 is 2.60 bits per heavy atom. The summed E-state index contributed by atoms with van der Waals surface area (Å²) in [5.41, 5.74) is 1.27. The molecule has 0 spiro atoms. The zero-order valence-corrected chi connectivity index (χ0v) is 12.9. The molecule has 1 aromatic heterocycles. The summed E-state index contributed by atoms with van der Waals surface area (Å²) >= 11 is 12.3. The highest BCUT2D eigenvalue weighted by molar-refractivity contribution is 6.39. The van der Waals surface area contributed by atoms with Gasteiger partial charge in [0.25, 0.3) is 0 Å². The van der Waals surface area contributed by atoms with Crippen LogP contribution in [0.1, 0.15) is 49.4 Å². The quantitative estimate of drug-likeness (QED) is 0.717. The average molecular weight is 310 g/mol. The van der Waals surface area contributed by atoms with E-state index in [9.17, 15) is 4.79 Å². The van der Waals surface area contributed by atoms with E-state index in [0.29, 0.717) is 15.6 Å². The summed E-state index contributed by atoms with van der Waals surface area (Å²) < 4.78 is 0. The maximum Gasteiger partial charge on any atom is 0.170 e. The number of benzene rings is 1. The van der Waals surface area contributed by atoms with Crippen LogP contribution in [-0.2, 0) is 0 Å². The molecule has 1 aromatic carbocycles. The average Bonchev–Trinajstić information content (AvgIpc) is 2.82. The van der Waals surface area contributed by atoms with Crippen molar-refractivity contribution < 1.29 is 4.79 Å². The van der Waals surface area contributed by atoms with E-state index in [-0.39, 0.29) is 11.2 Å². The van der Waals surface area contributed by atoms with Crippen molar-refractivity contribution in [2.45, 2.75) is 39.0 Å². The minimum Gasteiger partial charge on any atom is -0.360 e. The van der Waals surface area contributed by atoms with Gasteiger partial charge in [-0.3, -0.25) is 4.79 Å². The predicted octanol–water partition coefficient (Wildman–Crippen LogP) is 5.63. The summed E-state index contributed by atoms with van der Waals surface area (Å²) in [6.07, 6.45) is 7.18. The molecule has 0 bridgehead atoms. The van der Waals surface area contributed by atoms with Crippen molar-refractivity contribution in [3.63, 3.8) is 0 Å². The molecule has 2 nitrogen and oxygen atoms in total. The lowest BCUT2D eigenvalue weighted by molar-refractivity contribution is 0.0751. The Morgan fingerprint density at radius 2 is 1.90 bits per heavy atom. The van der Waals surface area contributed by atoms with Crippen LogP contribution in [0.3, 0.4) is 0 Å². The number of Topliss-reactive ketones (excluding diaryl/α,β-unsaturated/α-hetero) is 1. The van der Waals surface area contributed by atoms with Gasteiger partial charge in [0.15, 0.2) is 5.78 Å². The lowest BCUT2D eigenvalue weighted by Gasteiger charge is -2.31. The van der Waals surface area contributed by atoms with Crippen LogP contribution >= 0.6 is 23.2 Å². The summed E-state index contributed by atoms with van der Waals surface area (Å²) in [7, 11) is 0. The molecule has 2 aromatic rings. The molecule has 0 unspecified atom stereocenters. The topological polar surface area (TPSA) is 32.9 Å². The minimum absolute atomic E-state index is 0.202. The Hall–Kier alpha value is -0.990. The van der Waals surface area contributed by atoms with Crippen LogP contribution in [0.25, 0.3) is 10.9 Å². The number of fused-ring (bicyclic) bond motifs is 1. The number of H-pyrrole nitrogens is 1. The highest BCUT2D eigenvalue weighted by Crippen LogP contribution is 2.41. The first-order valence-corrected chi connectivity index (χ1v) is 7.78. The fourth-order valence-corrected chi connectivity index (χ4v) is 3.84. The van der Waals surface area contributed by atoms with Crippen LogP contribution in [0.4, 0.5) is 0 Å². The zero-order chi connectivity index (χ0) is 14.3. The number of halogens is 2. The molecule has 0 atom stereocenters. The highest BCUT2D eigenvalue weighted by atomic mass is 35.5. The molecule has 3 rings (SSSR count). The molecule has 1 heterocycles. The monoisotopic (exact) mass is 309 g/mol. The van der Waals surface area contributed by atoms with E-state index in [2.05, 4.69) is 11.9 Å². The van der Waals surface area contributed by atoms with Crippen LogP contribution in [0.15, 0.2) is 18.3 Å². The van der Waals surface area contributed by atoms with Crippen LogP contribution in [0.5, 0.6) is 0 Å². The van der Waals surface area contributed by atoms with Crippen LogP contribution < -0.4 is 0 Å². The number of ketones is 1. The van der Waals surface area contributed by atoms with Gasteiger partial charge in [-0.2, -0.15) is 0 Å². The molecule has 0 amide bonds. The van der Waals surface area contributed by atoms with Gasteiger partial charge in [0.2, 0.25) is 0 Å². The van der Waals surface area contributed by atoms with Crippen molar-refractivity contribution in [1.29, 1.82) is 0 Å². The third-order valence-electron chi connectivity index (χ3n) is 4.45. The number of hydrogen-bond acceptors (Lipinski definition) is 1. The lowest BCUT2D eigenvalue weighted by atomic mass is 9.71. The van der Waals surface area contributed by atoms with E-state index in [1.807, 2.05) is 6.07 Å². The maximum absolute atomic E-state index is 12.9. The molecule has 1 N–H and O–H groups in total. The zero-order valence-electron chi connectivity index (χ0n) is 11.4. The van der Waals surface area contributed by atoms with E-state index in [1.54, 1.807) is 12.3 Å². The Kier molecular flexibility index (Phi) is 3.55. The molecule has 1 aliphatic carbocycles. The van der Waals surface area contributed by atoms with E-state index >= 15 is 0 Å². The molecular formula is C16H17Cl2NO. The third kappa shape index (κ3) is 2.25. The summed E-state index contributed by atoms with van der Waals surface area (Å²) in [4.78, 5) is 16.0. The molecule has 0 saturated heterocycles. The van der Waals surface area contributed by atoms with Gasteiger partial charge in [0, 0.05) is 33.1 Å². The van der Waals surface area contributed by atoms with Gasteiger partial charge in [-0.05, 0) is 25.0 Å². The van der Waals surface area contributed by atoms with Crippen LogP contribution in [0.2, 0.25) is 10.0 Å². The lowest BCUT2D eigenvalue weighted by Crippen LogP contribution is -2.30. The Morgan fingerprint density at radius 1 is 1.20 bits per heavy atom. The molecule has 1 fully saturated rings. The number of carbonyl (C=O) groups excluding carboxylic acids is 1. The van der Waals surface area contributed by atoms with Gasteiger partial charge >= 0.3 is 0 Å². The molecule has 106 valence electrons. The normalized spacial score (nSPS) is 18.4. The number of carbonyl (C=O) groups is 1.